The van der Waals surface area contributed by atoms with E-state index in [1.54, 1.807) is 24.4 Å². The van der Waals surface area contributed by atoms with Gasteiger partial charge in [-0.25, -0.2) is 19.3 Å². The van der Waals surface area contributed by atoms with E-state index in [1.165, 1.54) is 12.4 Å². The molecule has 1 aliphatic rings. The van der Waals surface area contributed by atoms with Gasteiger partial charge in [-0.1, -0.05) is 6.92 Å². The van der Waals surface area contributed by atoms with Gasteiger partial charge in [-0.15, -0.1) is 0 Å². The normalized spacial score (nSPS) is 25.3. The molecule has 5 rings (SSSR count). The molecule has 172 valence electrons. The number of fused-ring (bicyclic) bond motifs is 2. The van der Waals surface area contributed by atoms with Gasteiger partial charge in [-0.3, -0.25) is 0 Å². The molecule has 1 aromatic carbocycles. The van der Waals surface area contributed by atoms with Crippen molar-refractivity contribution in [2.75, 3.05) is 11.5 Å². The van der Waals surface area contributed by atoms with Crippen molar-refractivity contribution in [1.29, 1.82) is 0 Å². The summed E-state index contributed by atoms with van der Waals surface area (Å²) in [5, 5.41) is 23.2. The number of rotatable bonds is 4. The lowest BCUT2D eigenvalue weighted by atomic mass is 9.80. The zero-order chi connectivity index (χ0) is 23.5. The van der Waals surface area contributed by atoms with Crippen molar-refractivity contribution in [3.05, 3.63) is 52.6 Å². The molecule has 0 radical (unpaired) electrons. The maximum atomic E-state index is 14.8. The van der Waals surface area contributed by atoms with E-state index in [0.717, 1.165) is 0 Å². The van der Waals surface area contributed by atoms with Gasteiger partial charge in [0.15, 0.2) is 0 Å². The number of nitrogens with two attached hydrogens (primary N) is 2. The SMILES string of the molecule is C[C@]1(CCc2cc3nc(N)c(Br)cc3cc2F)C[C@@H](n2ccc3c(N)ncnc32)[C@H](O)[C@@H]1O. The summed E-state index contributed by atoms with van der Waals surface area (Å²) in [7, 11) is 0. The number of benzene rings is 1. The summed E-state index contributed by atoms with van der Waals surface area (Å²) in [4.78, 5) is 12.6. The highest BCUT2D eigenvalue weighted by Gasteiger charge is 2.50. The number of nitrogens with zero attached hydrogens (tertiary/aromatic N) is 4. The fourth-order valence-corrected chi connectivity index (χ4v) is 5.29. The molecule has 8 nitrogen and oxygen atoms in total. The van der Waals surface area contributed by atoms with Gasteiger partial charge in [0, 0.05) is 11.6 Å². The molecule has 3 heterocycles. The number of aromatic nitrogens is 4. The standard InChI is InChI=1S/C23H24BrFN6O2/c1-23(4-2-11-8-16-12(7-15(11)25)6-14(24)21(27)30-16)9-17(18(32)19(23)33)31-5-3-13-20(26)28-10-29-22(13)31/h3,5-8,10,17-19,32-33H,2,4,9H2,1H3,(H2,27,30)(H2,26,28,29)/t17-,18+,19+,23+/m1/s1. The van der Waals surface area contributed by atoms with E-state index >= 15 is 0 Å². The number of pyridine rings is 1. The Morgan fingerprint density at radius 2 is 2.00 bits per heavy atom. The van der Waals surface area contributed by atoms with Crippen molar-refractivity contribution in [3.63, 3.8) is 0 Å². The second kappa shape index (κ2) is 7.89. The van der Waals surface area contributed by atoms with E-state index in [2.05, 4.69) is 30.9 Å². The summed E-state index contributed by atoms with van der Waals surface area (Å²) < 4.78 is 17.3. The average Bonchev–Trinajstić information content (AvgIpc) is 3.30. The van der Waals surface area contributed by atoms with E-state index in [4.69, 9.17) is 11.5 Å². The number of aliphatic hydroxyl groups is 2. The van der Waals surface area contributed by atoms with E-state index in [-0.39, 0.29) is 5.82 Å². The fraction of sp³-hybridized carbons (Fsp3) is 0.348. The van der Waals surface area contributed by atoms with Crippen LogP contribution in [0, 0.1) is 11.2 Å². The minimum absolute atomic E-state index is 0.335. The topological polar surface area (TPSA) is 136 Å². The summed E-state index contributed by atoms with van der Waals surface area (Å²) in [5.41, 5.74) is 12.9. The van der Waals surface area contributed by atoms with Gasteiger partial charge < -0.3 is 26.2 Å². The van der Waals surface area contributed by atoms with E-state index in [0.29, 0.717) is 62.9 Å². The largest absolute Gasteiger partial charge is 0.390 e. The lowest BCUT2D eigenvalue weighted by molar-refractivity contribution is -0.0242. The molecule has 4 aromatic rings. The number of aliphatic hydroxyl groups excluding tert-OH is 2. The van der Waals surface area contributed by atoms with Crippen molar-refractivity contribution < 1.29 is 14.6 Å². The maximum absolute atomic E-state index is 14.8. The fourth-order valence-electron chi connectivity index (χ4n) is 4.95. The zero-order valence-corrected chi connectivity index (χ0v) is 19.5. The lowest BCUT2D eigenvalue weighted by Gasteiger charge is -2.28. The van der Waals surface area contributed by atoms with E-state index in [9.17, 15) is 14.6 Å². The molecule has 0 aliphatic heterocycles. The lowest BCUT2D eigenvalue weighted by Crippen LogP contribution is -2.35. The van der Waals surface area contributed by atoms with Gasteiger partial charge in [-0.2, -0.15) is 0 Å². The molecule has 33 heavy (non-hydrogen) atoms. The van der Waals surface area contributed by atoms with Crippen LogP contribution in [0.4, 0.5) is 16.0 Å². The maximum Gasteiger partial charge on any atom is 0.145 e. The molecule has 1 fully saturated rings. The van der Waals surface area contributed by atoms with Gasteiger partial charge in [0.2, 0.25) is 0 Å². The second-order valence-electron chi connectivity index (χ2n) is 9.07. The Morgan fingerprint density at radius 1 is 1.21 bits per heavy atom. The van der Waals surface area contributed by atoms with Crippen LogP contribution in [-0.4, -0.2) is 41.9 Å². The quantitative estimate of drug-likeness (QED) is 0.327. The first-order valence-electron chi connectivity index (χ1n) is 10.7. The van der Waals surface area contributed by atoms with Crippen LogP contribution < -0.4 is 11.5 Å². The highest BCUT2D eigenvalue weighted by molar-refractivity contribution is 9.10. The van der Waals surface area contributed by atoms with Gasteiger partial charge in [0.05, 0.1) is 27.5 Å². The predicted octanol–water partition coefficient (Wildman–Crippen LogP) is 3.35. The van der Waals surface area contributed by atoms with Gasteiger partial charge in [0.25, 0.3) is 0 Å². The van der Waals surface area contributed by atoms with Crippen LogP contribution in [0.25, 0.3) is 21.9 Å². The van der Waals surface area contributed by atoms with Crippen molar-refractivity contribution in [3.8, 4) is 0 Å². The smallest absolute Gasteiger partial charge is 0.145 e. The number of halogens is 2. The number of anilines is 2. The summed E-state index contributed by atoms with van der Waals surface area (Å²) in [6.07, 6.45) is 2.57. The monoisotopic (exact) mass is 514 g/mol. The van der Waals surface area contributed by atoms with Crippen LogP contribution >= 0.6 is 15.9 Å². The first kappa shape index (κ1) is 22.0. The molecule has 1 saturated carbocycles. The van der Waals surface area contributed by atoms with Crippen molar-refractivity contribution in [1.82, 2.24) is 19.5 Å². The van der Waals surface area contributed by atoms with Crippen molar-refractivity contribution >= 4 is 49.5 Å². The molecule has 4 atom stereocenters. The second-order valence-corrected chi connectivity index (χ2v) is 9.93. The Hall–Kier alpha value is -2.82. The van der Waals surface area contributed by atoms with Crippen LogP contribution in [0.15, 0.2) is 41.3 Å². The Labute approximate surface area is 197 Å². The first-order valence-corrected chi connectivity index (χ1v) is 11.4. The first-order chi connectivity index (χ1) is 15.7. The van der Waals surface area contributed by atoms with Crippen LogP contribution in [0.1, 0.15) is 31.4 Å². The molecule has 1 aliphatic carbocycles. The van der Waals surface area contributed by atoms with Crippen LogP contribution in [-0.2, 0) is 6.42 Å². The molecule has 0 saturated heterocycles. The molecule has 0 amide bonds. The summed E-state index contributed by atoms with van der Waals surface area (Å²) in [6.45, 7) is 1.92. The summed E-state index contributed by atoms with van der Waals surface area (Å²) in [6, 6.07) is 6.30. The highest BCUT2D eigenvalue weighted by Crippen LogP contribution is 2.48. The highest BCUT2D eigenvalue weighted by atomic mass is 79.9. The third kappa shape index (κ3) is 3.62. The molecule has 6 N–H and O–H groups in total. The Kier molecular flexibility index (Phi) is 5.26. The molecule has 0 bridgehead atoms. The third-order valence-corrected chi connectivity index (χ3v) is 7.57. The number of aryl methyl sites for hydroxylation is 1. The van der Waals surface area contributed by atoms with Crippen molar-refractivity contribution in [2.24, 2.45) is 5.41 Å². The molecule has 0 unspecified atom stereocenters. The zero-order valence-electron chi connectivity index (χ0n) is 17.9. The van der Waals surface area contributed by atoms with Crippen LogP contribution in [0.3, 0.4) is 0 Å². The summed E-state index contributed by atoms with van der Waals surface area (Å²) >= 11 is 3.32. The van der Waals surface area contributed by atoms with Crippen LogP contribution in [0.5, 0.6) is 0 Å². The van der Waals surface area contributed by atoms with E-state index in [1.807, 2.05) is 11.5 Å². The minimum Gasteiger partial charge on any atom is -0.390 e. The van der Waals surface area contributed by atoms with Gasteiger partial charge in [0.1, 0.15) is 35.5 Å². The number of hydrogen-bond donors (Lipinski definition) is 4. The Balaban J connectivity index is 1.41. The van der Waals surface area contributed by atoms with E-state index < -0.39 is 23.7 Å². The molecular weight excluding hydrogens is 491 g/mol. The van der Waals surface area contributed by atoms with Gasteiger partial charge in [-0.05, 0) is 70.4 Å². The predicted molar refractivity (Wildman–Crippen MR) is 128 cm³/mol. The molecule has 3 aromatic heterocycles. The Bertz CT molecular complexity index is 1380. The molecule has 0 spiro atoms. The number of nitrogen functional groups attached to an aromatic ring is 2. The van der Waals surface area contributed by atoms with Crippen LogP contribution in [0.2, 0.25) is 0 Å². The number of hydrogen-bond acceptors (Lipinski definition) is 7. The third-order valence-electron chi connectivity index (χ3n) is 6.93. The average molecular weight is 515 g/mol. The molecule has 10 heteroatoms. The minimum atomic E-state index is -0.998. The van der Waals surface area contributed by atoms with Gasteiger partial charge >= 0.3 is 0 Å². The molecular formula is C23H24BrFN6O2. The summed E-state index contributed by atoms with van der Waals surface area (Å²) in [5.74, 6) is 0.368. The Morgan fingerprint density at radius 3 is 2.79 bits per heavy atom. The van der Waals surface area contributed by atoms with Crippen molar-refractivity contribution in [2.45, 2.75) is 44.4 Å².